The summed E-state index contributed by atoms with van der Waals surface area (Å²) in [5.74, 6) is -0.798. The van der Waals surface area contributed by atoms with E-state index in [1.807, 2.05) is 19.1 Å². The van der Waals surface area contributed by atoms with Crippen LogP contribution in [0.25, 0.3) is 0 Å². The van der Waals surface area contributed by atoms with Crippen LogP contribution in [0.1, 0.15) is 55.9 Å². The van der Waals surface area contributed by atoms with Crippen molar-refractivity contribution in [3.8, 4) is 6.07 Å². The van der Waals surface area contributed by atoms with Gasteiger partial charge < -0.3 is 14.6 Å². The normalized spacial score (nSPS) is 23.0. The number of fused-ring (bicyclic) bond motifs is 2. The fourth-order valence-corrected chi connectivity index (χ4v) is 5.45. The number of hydrogen-bond acceptors (Lipinski definition) is 7. The predicted octanol–water partition coefficient (Wildman–Crippen LogP) is 3.20. The van der Waals surface area contributed by atoms with Crippen LogP contribution in [0.5, 0.6) is 0 Å². The number of aliphatic hydroxyl groups excluding tert-OH is 1. The number of ether oxygens (including phenoxy) is 2. The van der Waals surface area contributed by atoms with Gasteiger partial charge in [0.25, 0.3) is 0 Å². The molecular weight excluding hydrogens is 473 g/mol. The van der Waals surface area contributed by atoms with Gasteiger partial charge in [-0.3, -0.25) is 9.80 Å². The molecule has 2 aromatic rings. The number of nitrogens with zero attached hydrogens (tertiary/aromatic N) is 3. The second kappa shape index (κ2) is 10.2. The summed E-state index contributed by atoms with van der Waals surface area (Å²) in [6, 6.07) is 8.81. The van der Waals surface area contributed by atoms with Crippen LogP contribution in [0, 0.1) is 31.0 Å². The van der Waals surface area contributed by atoms with Gasteiger partial charge in [-0.05, 0) is 48.2 Å². The maximum Gasteiger partial charge on any atom is 0.338 e. The number of carbonyl (C=O) groups is 1. The Balaban J connectivity index is 0.00000289. The number of cyclic esters (lactones) is 1. The summed E-state index contributed by atoms with van der Waals surface area (Å²) in [5, 5.41) is 20.2. The van der Waals surface area contributed by atoms with Crippen molar-refractivity contribution in [2.45, 2.75) is 38.7 Å². The lowest BCUT2D eigenvalue weighted by molar-refractivity contribution is -0.0939. The van der Waals surface area contributed by atoms with E-state index in [1.54, 1.807) is 19.1 Å². The Labute approximate surface area is 210 Å². The van der Waals surface area contributed by atoms with E-state index in [0.29, 0.717) is 30.8 Å². The summed E-state index contributed by atoms with van der Waals surface area (Å²) < 4.78 is 25.2. The Morgan fingerprint density at radius 1 is 1.20 bits per heavy atom. The Bertz CT molecular complexity index is 1180. The lowest BCUT2D eigenvalue weighted by atomic mass is 9.94. The summed E-state index contributed by atoms with van der Waals surface area (Å²) in [4.78, 5) is 16.4. The number of aliphatic hydroxyl groups is 1. The number of nitriles is 1. The zero-order valence-electron chi connectivity index (χ0n) is 19.8. The molecule has 0 unspecified atom stereocenters. The molecule has 0 aliphatic carbocycles. The molecule has 3 aliphatic heterocycles. The summed E-state index contributed by atoms with van der Waals surface area (Å²) in [6.45, 7) is 8.14. The monoisotopic (exact) mass is 501 g/mol. The molecule has 35 heavy (non-hydrogen) atoms. The van der Waals surface area contributed by atoms with Crippen molar-refractivity contribution in [2.24, 2.45) is 0 Å². The molecule has 0 radical (unpaired) electrons. The number of carbonyl (C=O) groups excluding carboxylic acids is 1. The Morgan fingerprint density at radius 2 is 2.00 bits per heavy atom. The molecule has 7 nitrogen and oxygen atoms in total. The first-order valence-electron chi connectivity index (χ1n) is 11.6. The zero-order chi connectivity index (χ0) is 24.0. The van der Waals surface area contributed by atoms with E-state index >= 15 is 0 Å². The SMILES string of the molecule is Cc1c([C@H]2CN3CCN(C[C@@H](O)c4ccc5c(c4C)COC5=O)C[C@@H]3CO2)ccc(F)c1C#N.Cl. The number of benzene rings is 2. The molecule has 3 aliphatic rings. The van der Waals surface area contributed by atoms with E-state index in [0.717, 1.165) is 41.9 Å². The molecule has 0 saturated carbocycles. The third-order valence-corrected chi connectivity index (χ3v) is 7.49. The molecule has 3 heterocycles. The Hall–Kier alpha value is -2.54. The van der Waals surface area contributed by atoms with Crippen molar-refractivity contribution in [3.05, 3.63) is 69.0 Å². The van der Waals surface area contributed by atoms with E-state index in [9.17, 15) is 19.6 Å². The molecule has 5 rings (SSSR count). The molecule has 2 saturated heterocycles. The first kappa shape index (κ1) is 25.5. The van der Waals surface area contributed by atoms with Crippen LogP contribution < -0.4 is 0 Å². The second-order valence-corrected chi connectivity index (χ2v) is 9.38. The third-order valence-electron chi connectivity index (χ3n) is 7.49. The van der Waals surface area contributed by atoms with Crippen LogP contribution in [-0.4, -0.2) is 66.2 Å². The molecule has 2 aromatic carbocycles. The number of halogens is 2. The van der Waals surface area contributed by atoms with E-state index in [2.05, 4.69) is 9.80 Å². The molecular formula is C26H29ClFN3O4. The molecule has 3 atom stereocenters. The van der Waals surface area contributed by atoms with Gasteiger partial charge in [-0.1, -0.05) is 12.1 Å². The molecule has 1 N–H and O–H groups in total. The fraction of sp³-hybridized carbons (Fsp3) is 0.462. The van der Waals surface area contributed by atoms with E-state index in [-0.39, 0.29) is 42.7 Å². The number of esters is 1. The van der Waals surface area contributed by atoms with Gasteiger partial charge >= 0.3 is 5.97 Å². The van der Waals surface area contributed by atoms with Crippen molar-refractivity contribution in [1.82, 2.24) is 9.80 Å². The summed E-state index contributed by atoms with van der Waals surface area (Å²) in [6.07, 6.45) is -0.851. The molecule has 0 spiro atoms. The van der Waals surface area contributed by atoms with Crippen LogP contribution >= 0.6 is 12.4 Å². The van der Waals surface area contributed by atoms with E-state index in [1.165, 1.54) is 6.07 Å². The van der Waals surface area contributed by atoms with E-state index in [4.69, 9.17) is 9.47 Å². The van der Waals surface area contributed by atoms with Crippen molar-refractivity contribution in [1.29, 1.82) is 5.26 Å². The van der Waals surface area contributed by atoms with Crippen LogP contribution in [0.3, 0.4) is 0 Å². The average Bonchev–Trinajstić information content (AvgIpc) is 3.21. The first-order valence-corrected chi connectivity index (χ1v) is 11.6. The quantitative estimate of drug-likeness (QED) is 0.644. The van der Waals surface area contributed by atoms with Gasteiger partial charge in [0.2, 0.25) is 0 Å². The lowest BCUT2D eigenvalue weighted by Gasteiger charge is -2.46. The van der Waals surface area contributed by atoms with Crippen molar-refractivity contribution in [3.63, 3.8) is 0 Å². The Morgan fingerprint density at radius 3 is 2.77 bits per heavy atom. The van der Waals surface area contributed by atoms with E-state index < -0.39 is 11.9 Å². The molecule has 0 bridgehead atoms. The smallest absolute Gasteiger partial charge is 0.338 e. The lowest BCUT2D eigenvalue weighted by Crippen LogP contribution is -2.58. The zero-order valence-corrected chi connectivity index (χ0v) is 20.6. The second-order valence-electron chi connectivity index (χ2n) is 9.38. The van der Waals surface area contributed by atoms with Gasteiger partial charge in [0.05, 0.1) is 29.9 Å². The standard InChI is InChI=1S/C26H28FN3O4.ClH/c1-15-18(3-4-20-22(15)14-34-26(20)32)24(31)11-29-7-8-30-12-25(33-13-17(30)10-29)19-5-6-23(27)21(9-28)16(19)2;/h3-6,17,24-25,31H,7-8,10-14H2,1-2H3;1H/t17-,24-,25-;/m1./s1. The van der Waals surface area contributed by atoms with Crippen molar-refractivity contribution < 1.29 is 23.8 Å². The minimum Gasteiger partial charge on any atom is -0.457 e. The molecule has 0 aromatic heterocycles. The predicted molar refractivity (Wildman–Crippen MR) is 129 cm³/mol. The maximum absolute atomic E-state index is 13.9. The van der Waals surface area contributed by atoms with Gasteiger partial charge in [0.15, 0.2) is 0 Å². The van der Waals surface area contributed by atoms with Crippen LogP contribution in [-0.2, 0) is 16.1 Å². The molecule has 0 amide bonds. The summed E-state index contributed by atoms with van der Waals surface area (Å²) >= 11 is 0. The Kier molecular flexibility index (Phi) is 7.46. The van der Waals surface area contributed by atoms with Gasteiger partial charge in [0.1, 0.15) is 18.5 Å². The maximum atomic E-state index is 13.9. The topological polar surface area (TPSA) is 86.0 Å². The minimum atomic E-state index is -0.656. The average molecular weight is 502 g/mol. The number of rotatable bonds is 4. The number of hydrogen-bond donors (Lipinski definition) is 1. The molecule has 2 fully saturated rings. The fourth-order valence-electron chi connectivity index (χ4n) is 5.45. The number of morpholine rings is 1. The number of piperazine rings is 1. The van der Waals surface area contributed by atoms with Crippen molar-refractivity contribution >= 4 is 18.4 Å². The third kappa shape index (κ3) is 4.67. The minimum absolute atomic E-state index is 0. The van der Waals surface area contributed by atoms with Crippen LogP contribution in [0.2, 0.25) is 0 Å². The summed E-state index contributed by atoms with van der Waals surface area (Å²) in [5.41, 5.74) is 4.81. The highest BCUT2D eigenvalue weighted by molar-refractivity contribution is 5.93. The van der Waals surface area contributed by atoms with Gasteiger partial charge in [-0.2, -0.15) is 5.26 Å². The number of β-amino-alcohol motifs (C(OH)–C–C–N with tert-alkyl or cyclic N) is 1. The highest BCUT2D eigenvalue weighted by atomic mass is 35.5. The molecule has 186 valence electrons. The highest BCUT2D eigenvalue weighted by Crippen LogP contribution is 2.32. The highest BCUT2D eigenvalue weighted by Gasteiger charge is 2.36. The largest absolute Gasteiger partial charge is 0.457 e. The molecule has 9 heteroatoms. The first-order chi connectivity index (χ1) is 16.4. The van der Waals surface area contributed by atoms with Crippen LogP contribution in [0.4, 0.5) is 4.39 Å². The van der Waals surface area contributed by atoms with Crippen molar-refractivity contribution in [2.75, 3.05) is 39.3 Å². The van der Waals surface area contributed by atoms with Gasteiger partial charge in [-0.15, -0.1) is 12.4 Å². The van der Waals surface area contributed by atoms with Gasteiger partial charge in [0, 0.05) is 44.3 Å². The summed E-state index contributed by atoms with van der Waals surface area (Å²) in [7, 11) is 0. The van der Waals surface area contributed by atoms with Gasteiger partial charge in [-0.25, -0.2) is 9.18 Å². The van der Waals surface area contributed by atoms with Crippen LogP contribution in [0.15, 0.2) is 24.3 Å².